The molecule has 26 heavy (non-hydrogen) atoms. The van der Waals surface area contributed by atoms with E-state index in [2.05, 4.69) is 16.7 Å². The maximum Gasteiger partial charge on any atom is 0.216 e. The maximum atomic E-state index is 12.2. The summed E-state index contributed by atoms with van der Waals surface area (Å²) < 4.78 is 33.1. The fraction of sp³-hybridized carbons (Fsp3) is 0.400. The van der Waals surface area contributed by atoms with Crippen LogP contribution in [0.5, 0.6) is 5.75 Å². The number of sulfonamides is 1. The second-order valence-corrected chi connectivity index (χ2v) is 8.64. The van der Waals surface area contributed by atoms with Crippen molar-refractivity contribution in [1.29, 1.82) is 0 Å². The van der Waals surface area contributed by atoms with E-state index in [1.165, 1.54) is 0 Å². The van der Waals surface area contributed by atoms with E-state index in [1.54, 1.807) is 0 Å². The van der Waals surface area contributed by atoms with Crippen molar-refractivity contribution in [2.24, 2.45) is 0 Å². The average Bonchev–Trinajstić information content (AvgIpc) is 2.64. The van der Waals surface area contributed by atoms with Crippen LogP contribution in [0, 0.1) is 0 Å². The Kier molecular flexibility index (Phi) is 6.29. The number of benzene rings is 2. The third-order valence-corrected chi connectivity index (χ3v) is 5.88. The molecular formula is C20H26N2O3S. The van der Waals surface area contributed by atoms with E-state index in [0.29, 0.717) is 0 Å². The predicted octanol–water partition coefficient (Wildman–Crippen LogP) is 2.78. The summed E-state index contributed by atoms with van der Waals surface area (Å²) >= 11 is 0. The van der Waals surface area contributed by atoms with Crippen LogP contribution in [0.15, 0.2) is 54.6 Å². The van der Waals surface area contributed by atoms with Crippen LogP contribution in [0.4, 0.5) is 0 Å². The normalized spacial score (nSPS) is 16.5. The molecule has 0 saturated carbocycles. The summed E-state index contributed by atoms with van der Waals surface area (Å²) in [5, 5.41) is 0. The number of piperidine rings is 1. The van der Waals surface area contributed by atoms with Crippen LogP contribution >= 0.6 is 0 Å². The Balaban J connectivity index is 1.49. The van der Waals surface area contributed by atoms with Gasteiger partial charge in [-0.2, -0.15) is 0 Å². The second-order valence-electron chi connectivity index (χ2n) is 6.83. The van der Waals surface area contributed by atoms with Gasteiger partial charge >= 0.3 is 0 Å². The summed E-state index contributed by atoms with van der Waals surface area (Å²) in [5.74, 6) is 0.834. The zero-order chi connectivity index (χ0) is 18.4. The topological polar surface area (TPSA) is 58.6 Å². The minimum atomic E-state index is -3.36. The fourth-order valence-corrected chi connectivity index (χ4v) is 4.14. The molecule has 1 fully saturated rings. The molecule has 0 radical (unpaired) electrons. The van der Waals surface area contributed by atoms with Crippen LogP contribution in [0.1, 0.15) is 24.0 Å². The molecule has 1 N–H and O–H groups in total. The first-order valence-corrected chi connectivity index (χ1v) is 10.6. The zero-order valence-electron chi connectivity index (χ0n) is 15.1. The number of hydrogen-bond donors (Lipinski definition) is 1. The number of nitrogens with zero attached hydrogens (tertiary/aromatic N) is 1. The van der Waals surface area contributed by atoms with Gasteiger partial charge in [0.1, 0.15) is 11.9 Å². The van der Waals surface area contributed by atoms with Crippen molar-refractivity contribution >= 4 is 10.0 Å². The number of likely N-dealkylation sites (tertiary alicyclic amines) is 1. The summed E-state index contributed by atoms with van der Waals surface area (Å²) in [4.78, 5) is 2.31. The van der Waals surface area contributed by atoms with Gasteiger partial charge in [0.15, 0.2) is 0 Å². The minimum Gasteiger partial charge on any atom is -0.490 e. The van der Waals surface area contributed by atoms with Gasteiger partial charge in [0, 0.05) is 19.6 Å². The lowest BCUT2D eigenvalue weighted by atomic mass is 10.1. The molecule has 1 aliphatic rings. The largest absolute Gasteiger partial charge is 0.490 e. The van der Waals surface area contributed by atoms with Crippen molar-refractivity contribution in [2.75, 3.05) is 20.1 Å². The highest BCUT2D eigenvalue weighted by atomic mass is 32.2. The van der Waals surface area contributed by atoms with Crippen molar-refractivity contribution < 1.29 is 13.2 Å². The Bertz CT molecular complexity index is 784. The number of ether oxygens (including phenoxy) is 1. The zero-order valence-corrected chi connectivity index (χ0v) is 15.9. The lowest BCUT2D eigenvalue weighted by Crippen LogP contribution is -2.35. The first-order chi connectivity index (χ1) is 12.5. The molecule has 0 aromatic heterocycles. The molecule has 140 valence electrons. The molecule has 1 saturated heterocycles. The monoisotopic (exact) mass is 374 g/mol. The summed E-state index contributed by atoms with van der Waals surface area (Å²) in [6.45, 7) is 2.40. The quantitative estimate of drug-likeness (QED) is 0.810. The van der Waals surface area contributed by atoms with E-state index in [1.807, 2.05) is 54.6 Å². The SMILES string of the molecule is CN1CCC(Oc2ccc(CNS(=O)(=O)Cc3ccccc3)cc2)CC1. The van der Waals surface area contributed by atoms with Gasteiger partial charge in [0.25, 0.3) is 0 Å². The van der Waals surface area contributed by atoms with Crippen molar-refractivity contribution in [3.8, 4) is 5.75 Å². The average molecular weight is 375 g/mol. The van der Waals surface area contributed by atoms with Crippen LogP contribution in [0.2, 0.25) is 0 Å². The fourth-order valence-electron chi connectivity index (χ4n) is 3.02. The molecule has 0 unspecified atom stereocenters. The maximum absolute atomic E-state index is 12.2. The van der Waals surface area contributed by atoms with Crippen LogP contribution < -0.4 is 9.46 Å². The Morgan fingerprint density at radius 3 is 2.31 bits per heavy atom. The van der Waals surface area contributed by atoms with Crippen molar-refractivity contribution in [3.63, 3.8) is 0 Å². The van der Waals surface area contributed by atoms with Gasteiger partial charge in [-0.3, -0.25) is 0 Å². The molecule has 0 bridgehead atoms. The third-order valence-electron chi connectivity index (χ3n) is 4.59. The predicted molar refractivity (Wildman–Crippen MR) is 103 cm³/mol. The van der Waals surface area contributed by atoms with Crippen molar-refractivity contribution in [3.05, 3.63) is 65.7 Å². The molecule has 5 nitrogen and oxygen atoms in total. The van der Waals surface area contributed by atoms with Gasteiger partial charge in [-0.25, -0.2) is 13.1 Å². The highest BCUT2D eigenvalue weighted by Gasteiger charge is 2.18. The third kappa shape index (κ3) is 5.83. The minimum absolute atomic E-state index is 0.00877. The molecule has 3 rings (SSSR count). The second kappa shape index (κ2) is 8.66. The van der Waals surface area contributed by atoms with Crippen LogP contribution in [0.25, 0.3) is 0 Å². The van der Waals surface area contributed by atoms with Gasteiger partial charge in [-0.05, 0) is 43.1 Å². The molecular weight excluding hydrogens is 348 g/mol. The summed E-state index contributed by atoms with van der Waals surface area (Å²) in [7, 11) is -1.23. The van der Waals surface area contributed by atoms with Crippen molar-refractivity contribution in [1.82, 2.24) is 9.62 Å². The van der Waals surface area contributed by atoms with Gasteiger partial charge in [0.05, 0.1) is 5.75 Å². The Morgan fingerprint density at radius 2 is 1.65 bits per heavy atom. The molecule has 2 aromatic carbocycles. The lowest BCUT2D eigenvalue weighted by molar-refractivity contribution is 0.114. The molecule has 0 spiro atoms. The van der Waals surface area contributed by atoms with E-state index < -0.39 is 10.0 Å². The molecule has 1 aliphatic heterocycles. The Labute approximate surface area is 156 Å². The summed E-state index contributed by atoms with van der Waals surface area (Å²) in [6.07, 6.45) is 2.34. The summed E-state index contributed by atoms with van der Waals surface area (Å²) in [5.41, 5.74) is 1.69. The van der Waals surface area contributed by atoms with Crippen LogP contribution in [-0.4, -0.2) is 39.6 Å². The van der Waals surface area contributed by atoms with E-state index in [0.717, 1.165) is 42.8 Å². The molecule has 0 atom stereocenters. The first kappa shape index (κ1) is 18.9. The number of nitrogens with one attached hydrogen (secondary N) is 1. The number of hydrogen-bond acceptors (Lipinski definition) is 4. The van der Waals surface area contributed by atoms with Gasteiger partial charge in [-0.1, -0.05) is 42.5 Å². The highest BCUT2D eigenvalue weighted by Crippen LogP contribution is 2.19. The number of rotatable bonds is 7. The molecule has 2 aromatic rings. The molecule has 6 heteroatoms. The Morgan fingerprint density at radius 1 is 1.00 bits per heavy atom. The highest BCUT2D eigenvalue weighted by molar-refractivity contribution is 7.88. The van der Waals surface area contributed by atoms with Gasteiger partial charge in [-0.15, -0.1) is 0 Å². The van der Waals surface area contributed by atoms with Gasteiger partial charge in [0.2, 0.25) is 10.0 Å². The smallest absolute Gasteiger partial charge is 0.216 e. The standard InChI is InChI=1S/C20H26N2O3S/c1-22-13-11-20(12-14-22)25-19-9-7-17(8-10-19)15-21-26(23,24)16-18-5-3-2-4-6-18/h2-10,20-21H,11-16H2,1H3. The van der Waals surface area contributed by atoms with Crippen molar-refractivity contribution in [2.45, 2.75) is 31.2 Å². The van der Waals surface area contributed by atoms with E-state index in [-0.39, 0.29) is 18.4 Å². The van der Waals surface area contributed by atoms with E-state index >= 15 is 0 Å². The van der Waals surface area contributed by atoms with E-state index in [4.69, 9.17) is 4.74 Å². The molecule has 1 heterocycles. The lowest BCUT2D eigenvalue weighted by Gasteiger charge is -2.29. The first-order valence-electron chi connectivity index (χ1n) is 8.95. The van der Waals surface area contributed by atoms with E-state index in [9.17, 15) is 8.42 Å². The molecule has 0 amide bonds. The van der Waals surface area contributed by atoms with Crippen LogP contribution in [0.3, 0.4) is 0 Å². The molecule has 0 aliphatic carbocycles. The summed E-state index contributed by atoms with van der Waals surface area (Å²) in [6, 6.07) is 16.8. The van der Waals surface area contributed by atoms with Crippen LogP contribution in [-0.2, 0) is 22.3 Å². The Hall–Kier alpha value is -1.89. The van der Waals surface area contributed by atoms with Gasteiger partial charge < -0.3 is 9.64 Å².